The highest BCUT2D eigenvalue weighted by Gasteiger charge is 2.33. The first-order chi connectivity index (χ1) is 16.0. The fourth-order valence-electron chi connectivity index (χ4n) is 3.77. The molecule has 1 aromatic heterocycles. The summed E-state index contributed by atoms with van der Waals surface area (Å²) in [4.78, 5) is 31.3. The molecule has 3 aromatic rings. The lowest BCUT2D eigenvalue weighted by atomic mass is 9.96. The summed E-state index contributed by atoms with van der Waals surface area (Å²) in [5, 5.41) is 0. The number of thiazole rings is 1. The Morgan fingerprint density at radius 2 is 1.76 bits per heavy atom. The predicted molar refractivity (Wildman–Crippen MR) is 126 cm³/mol. The summed E-state index contributed by atoms with van der Waals surface area (Å²) in [5.74, 6) is 0.939. The molecular weight excluding hydrogens is 440 g/mol. The number of rotatable bonds is 6. The van der Waals surface area contributed by atoms with Gasteiger partial charge in [0.05, 0.1) is 42.7 Å². The first-order valence-electron chi connectivity index (χ1n) is 10.4. The summed E-state index contributed by atoms with van der Waals surface area (Å²) in [5.41, 5.74) is 2.27. The summed E-state index contributed by atoms with van der Waals surface area (Å²) in [6.07, 6.45) is 1.82. The lowest BCUT2D eigenvalue weighted by Gasteiger charge is -2.24. The van der Waals surface area contributed by atoms with E-state index in [0.717, 1.165) is 16.9 Å². The average Bonchev–Trinajstić information content (AvgIpc) is 3.13. The Hall–Kier alpha value is -3.65. The highest BCUT2D eigenvalue weighted by atomic mass is 32.1. The Labute approximate surface area is 194 Å². The number of nitrogens with zero attached hydrogens (tertiary/aromatic N) is 2. The van der Waals surface area contributed by atoms with Crippen LogP contribution in [0, 0.1) is 0 Å². The minimum atomic E-state index is -0.651. The maximum atomic E-state index is 13.5. The number of methoxy groups -OCH3 is 2. The van der Waals surface area contributed by atoms with Gasteiger partial charge in [-0.15, -0.1) is 0 Å². The zero-order valence-electron chi connectivity index (χ0n) is 18.8. The number of carbonyl (C=O) groups is 1. The average molecular weight is 465 g/mol. The van der Waals surface area contributed by atoms with E-state index in [1.807, 2.05) is 49.4 Å². The zero-order valence-corrected chi connectivity index (χ0v) is 19.6. The van der Waals surface area contributed by atoms with Gasteiger partial charge >= 0.3 is 5.97 Å². The van der Waals surface area contributed by atoms with E-state index in [9.17, 15) is 9.59 Å². The third-order valence-corrected chi connectivity index (χ3v) is 6.33. The molecule has 0 N–H and O–H groups in total. The SMILES string of the molecule is CCOc1ccc(/C=c2/sc3n(c2=O)[C@H](c2ccc(OC)cc2)C(C(=O)OC)=C(C)N=3)cc1. The Kier molecular flexibility index (Phi) is 6.46. The van der Waals surface area contributed by atoms with Gasteiger partial charge in [-0.05, 0) is 55.3 Å². The number of hydrogen-bond acceptors (Lipinski definition) is 7. The normalized spacial score (nSPS) is 15.6. The second kappa shape index (κ2) is 9.46. The van der Waals surface area contributed by atoms with Crippen LogP contribution in [0.5, 0.6) is 11.5 Å². The van der Waals surface area contributed by atoms with Crippen molar-refractivity contribution in [3.05, 3.63) is 90.6 Å². The monoisotopic (exact) mass is 464 g/mol. The highest BCUT2D eigenvalue weighted by Crippen LogP contribution is 2.31. The predicted octanol–water partition coefficient (Wildman–Crippen LogP) is 2.82. The molecule has 2 heterocycles. The molecule has 0 saturated heterocycles. The number of allylic oxidation sites excluding steroid dienone is 1. The molecule has 8 heteroatoms. The van der Waals surface area contributed by atoms with Crippen molar-refractivity contribution in [2.45, 2.75) is 19.9 Å². The largest absolute Gasteiger partial charge is 0.497 e. The van der Waals surface area contributed by atoms with Crippen LogP contribution in [0.3, 0.4) is 0 Å². The first-order valence-corrected chi connectivity index (χ1v) is 11.3. The van der Waals surface area contributed by atoms with E-state index >= 15 is 0 Å². The summed E-state index contributed by atoms with van der Waals surface area (Å²) >= 11 is 1.29. The number of carbonyl (C=O) groups excluding carboxylic acids is 1. The number of fused-ring (bicyclic) bond motifs is 1. The van der Waals surface area contributed by atoms with E-state index in [4.69, 9.17) is 14.2 Å². The second-order valence-corrected chi connectivity index (χ2v) is 8.36. The van der Waals surface area contributed by atoms with Crippen molar-refractivity contribution in [1.82, 2.24) is 4.57 Å². The van der Waals surface area contributed by atoms with Crippen molar-refractivity contribution in [1.29, 1.82) is 0 Å². The van der Waals surface area contributed by atoms with Crippen LogP contribution in [0.4, 0.5) is 0 Å². The quantitative estimate of drug-likeness (QED) is 0.524. The molecular formula is C25H24N2O5S. The van der Waals surface area contributed by atoms with Crippen molar-refractivity contribution in [2.24, 2.45) is 4.99 Å². The molecule has 0 radical (unpaired) electrons. The molecule has 0 spiro atoms. The molecule has 0 unspecified atom stereocenters. The van der Waals surface area contributed by atoms with Crippen molar-refractivity contribution in [3.63, 3.8) is 0 Å². The van der Waals surface area contributed by atoms with Crippen molar-refractivity contribution in [2.75, 3.05) is 20.8 Å². The van der Waals surface area contributed by atoms with E-state index in [2.05, 4.69) is 4.99 Å². The molecule has 1 aliphatic rings. The van der Waals surface area contributed by atoms with Gasteiger partial charge in [-0.2, -0.15) is 0 Å². The summed E-state index contributed by atoms with van der Waals surface area (Å²) in [6, 6.07) is 14.2. The second-order valence-electron chi connectivity index (χ2n) is 7.35. The minimum Gasteiger partial charge on any atom is -0.497 e. The summed E-state index contributed by atoms with van der Waals surface area (Å²) < 4.78 is 17.9. The first kappa shape index (κ1) is 22.5. The third kappa shape index (κ3) is 4.34. The minimum absolute atomic E-state index is 0.220. The summed E-state index contributed by atoms with van der Waals surface area (Å²) in [6.45, 7) is 4.27. The highest BCUT2D eigenvalue weighted by molar-refractivity contribution is 7.07. The molecule has 0 aliphatic carbocycles. The van der Waals surface area contributed by atoms with Gasteiger partial charge in [0, 0.05) is 0 Å². The molecule has 1 atom stereocenters. The van der Waals surface area contributed by atoms with Crippen molar-refractivity contribution >= 4 is 23.4 Å². The molecule has 2 aromatic carbocycles. The maximum absolute atomic E-state index is 13.5. The lowest BCUT2D eigenvalue weighted by molar-refractivity contribution is -0.136. The van der Waals surface area contributed by atoms with E-state index in [1.54, 1.807) is 30.7 Å². The summed E-state index contributed by atoms with van der Waals surface area (Å²) in [7, 11) is 2.91. The van der Waals surface area contributed by atoms with E-state index in [1.165, 1.54) is 18.4 Å². The Bertz CT molecular complexity index is 1380. The number of ether oxygens (including phenoxy) is 3. The zero-order chi connectivity index (χ0) is 23.5. The van der Waals surface area contributed by atoms with Crippen LogP contribution in [0.25, 0.3) is 6.08 Å². The van der Waals surface area contributed by atoms with Crippen LogP contribution < -0.4 is 24.4 Å². The molecule has 0 fully saturated rings. The number of benzene rings is 2. The standard InChI is InChI=1S/C25H24N2O5S/c1-5-32-19-10-6-16(7-11-19)14-20-23(28)27-22(17-8-12-18(30-3)13-9-17)21(24(29)31-4)15(2)26-25(27)33-20/h6-14,22H,5H2,1-4H3/b20-14+/t22-/m1/s1. The van der Waals surface area contributed by atoms with Crippen LogP contribution >= 0.6 is 11.3 Å². The smallest absolute Gasteiger partial charge is 0.338 e. The van der Waals surface area contributed by atoms with Gasteiger partial charge in [0.25, 0.3) is 5.56 Å². The Morgan fingerprint density at radius 1 is 1.09 bits per heavy atom. The van der Waals surface area contributed by atoms with Gasteiger partial charge in [-0.25, -0.2) is 9.79 Å². The van der Waals surface area contributed by atoms with Crippen molar-refractivity contribution in [3.8, 4) is 11.5 Å². The van der Waals surface area contributed by atoms with Gasteiger partial charge in [0.15, 0.2) is 4.80 Å². The molecule has 33 heavy (non-hydrogen) atoms. The molecule has 4 rings (SSSR count). The van der Waals surface area contributed by atoms with Gasteiger partial charge < -0.3 is 14.2 Å². The van der Waals surface area contributed by atoms with E-state index in [-0.39, 0.29) is 5.56 Å². The van der Waals surface area contributed by atoms with Gasteiger partial charge in [0.1, 0.15) is 11.5 Å². The van der Waals surface area contributed by atoms with Gasteiger partial charge in [-0.3, -0.25) is 9.36 Å². The van der Waals surface area contributed by atoms with Crippen LogP contribution in [0.1, 0.15) is 31.0 Å². The van der Waals surface area contributed by atoms with Crippen LogP contribution in [0.15, 0.2) is 69.6 Å². The Morgan fingerprint density at radius 3 is 2.36 bits per heavy atom. The topological polar surface area (TPSA) is 79.1 Å². The molecule has 7 nitrogen and oxygen atoms in total. The molecule has 1 aliphatic heterocycles. The maximum Gasteiger partial charge on any atom is 0.338 e. The fourth-order valence-corrected chi connectivity index (χ4v) is 4.82. The molecule has 0 saturated carbocycles. The van der Waals surface area contributed by atoms with E-state index < -0.39 is 12.0 Å². The number of hydrogen-bond donors (Lipinski definition) is 0. The lowest BCUT2D eigenvalue weighted by Crippen LogP contribution is -2.39. The van der Waals surface area contributed by atoms with E-state index in [0.29, 0.717) is 33.0 Å². The van der Waals surface area contributed by atoms with Crippen LogP contribution in [-0.4, -0.2) is 31.4 Å². The van der Waals surface area contributed by atoms with Gasteiger partial charge in [-0.1, -0.05) is 35.6 Å². The van der Waals surface area contributed by atoms with Gasteiger partial charge in [0.2, 0.25) is 0 Å². The fraction of sp³-hybridized carbons (Fsp3) is 0.240. The Balaban J connectivity index is 1.88. The number of aromatic nitrogens is 1. The number of esters is 1. The molecule has 0 bridgehead atoms. The molecule has 0 amide bonds. The van der Waals surface area contributed by atoms with Crippen LogP contribution in [0.2, 0.25) is 0 Å². The third-order valence-electron chi connectivity index (χ3n) is 5.35. The van der Waals surface area contributed by atoms with Crippen molar-refractivity contribution < 1.29 is 19.0 Å². The van der Waals surface area contributed by atoms with Crippen LogP contribution in [-0.2, 0) is 9.53 Å². The molecule has 170 valence electrons.